The molecule has 0 spiro atoms. The highest BCUT2D eigenvalue weighted by Crippen LogP contribution is 2.28. The summed E-state index contributed by atoms with van der Waals surface area (Å²) in [6, 6.07) is 13.4. The predicted molar refractivity (Wildman–Crippen MR) is 82.3 cm³/mol. The van der Waals surface area contributed by atoms with E-state index in [2.05, 4.69) is 17.0 Å². The topological polar surface area (TPSA) is 29.3 Å². The molecule has 2 rings (SSSR count). The lowest BCUT2D eigenvalue weighted by Crippen LogP contribution is -2.20. The summed E-state index contributed by atoms with van der Waals surface area (Å²) in [5.74, 6) is -0.200. The highest BCUT2D eigenvalue weighted by Gasteiger charge is 2.14. The Hall–Kier alpha value is -1.87. The average molecular weight is 272 g/mol. The Kier molecular flexibility index (Phi) is 4.40. The number of nitrogens with two attached hydrogens (primary N) is 1. The van der Waals surface area contributed by atoms with Crippen molar-refractivity contribution >= 4 is 5.69 Å². The van der Waals surface area contributed by atoms with Crippen LogP contribution in [0.25, 0.3) is 0 Å². The standard InChI is InChI=1S/C17H21FN2/c1-12-9-17(15(13(2)19)10-16(12)18)20(3)11-14-7-5-4-6-8-14/h4-10,13H,11,19H2,1-3H3. The molecule has 0 aliphatic heterocycles. The zero-order chi connectivity index (χ0) is 14.7. The van der Waals surface area contributed by atoms with Crippen molar-refractivity contribution in [3.8, 4) is 0 Å². The molecule has 0 aromatic heterocycles. The van der Waals surface area contributed by atoms with Gasteiger partial charge in [-0.3, -0.25) is 0 Å². The minimum atomic E-state index is -0.200. The van der Waals surface area contributed by atoms with Gasteiger partial charge in [0, 0.05) is 25.3 Å². The first kappa shape index (κ1) is 14.5. The number of hydrogen-bond donors (Lipinski definition) is 1. The van der Waals surface area contributed by atoms with Gasteiger partial charge in [0.2, 0.25) is 0 Å². The number of rotatable bonds is 4. The quantitative estimate of drug-likeness (QED) is 0.917. The second-order valence-electron chi connectivity index (χ2n) is 5.29. The van der Waals surface area contributed by atoms with Crippen LogP contribution in [0.15, 0.2) is 42.5 Å². The molecule has 2 aromatic carbocycles. The number of hydrogen-bond acceptors (Lipinski definition) is 2. The summed E-state index contributed by atoms with van der Waals surface area (Å²) >= 11 is 0. The first-order valence-electron chi connectivity index (χ1n) is 6.79. The predicted octanol–water partition coefficient (Wildman–Crippen LogP) is 3.79. The largest absolute Gasteiger partial charge is 0.370 e. The molecule has 2 nitrogen and oxygen atoms in total. The number of benzene rings is 2. The molecule has 0 aliphatic carbocycles. The zero-order valence-corrected chi connectivity index (χ0v) is 12.2. The van der Waals surface area contributed by atoms with Gasteiger partial charge in [-0.2, -0.15) is 0 Å². The van der Waals surface area contributed by atoms with E-state index in [1.807, 2.05) is 38.2 Å². The molecule has 0 fully saturated rings. The maximum atomic E-state index is 13.7. The van der Waals surface area contributed by atoms with Crippen LogP contribution in [0.3, 0.4) is 0 Å². The average Bonchev–Trinajstić information content (AvgIpc) is 2.42. The van der Waals surface area contributed by atoms with Gasteiger partial charge in [0.15, 0.2) is 0 Å². The fourth-order valence-electron chi connectivity index (χ4n) is 2.32. The van der Waals surface area contributed by atoms with Crippen LogP contribution in [0.2, 0.25) is 0 Å². The van der Waals surface area contributed by atoms with Gasteiger partial charge in [0.1, 0.15) is 5.82 Å². The van der Waals surface area contributed by atoms with E-state index in [4.69, 9.17) is 5.73 Å². The molecule has 20 heavy (non-hydrogen) atoms. The van der Waals surface area contributed by atoms with Crippen molar-refractivity contribution in [2.75, 3.05) is 11.9 Å². The maximum absolute atomic E-state index is 13.7. The van der Waals surface area contributed by atoms with Crippen molar-refractivity contribution < 1.29 is 4.39 Å². The van der Waals surface area contributed by atoms with Crippen LogP contribution in [-0.4, -0.2) is 7.05 Å². The third kappa shape index (κ3) is 3.17. The molecule has 0 radical (unpaired) electrons. The van der Waals surface area contributed by atoms with Gasteiger partial charge in [-0.15, -0.1) is 0 Å². The smallest absolute Gasteiger partial charge is 0.126 e. The Morgan fingerprint density at radius 3 is 2.45 bits per heavy atom. The van der Waals surface area contributed by atoms with E-state index in [0.29, 0.717) is 5.56 Å². The summed E-state index contributed by atoms with van der Waals surface area (Å²) in [6.45, 7) is 4.43. The van der Waals surface area contributed by atoms with E-state index >= 15 is 0 Å². The maximum Gasteiger partial charge on any atom is 0.126 e. The molecule has 0 amide bonds. The molecular weight excluding hydrogens is 251 g/mol. The Bertz CT molecular complexity index is 579. The van der Waals surface area contributed by atoms with Crippen LogP contribution < -0.4 is 10.6 Å². The van der Waals surface area contributed by atoms with Crippen molar-refractivity contribution in [2.45, 2.75) is 26.4 Å². The molecule has 2 aromatic rings. The van der Waals surface area contributed by atoms with Gasteiger partial charge in [-0.25, -0.2) is 4.39 Å². The molecule has 3 heteroatoms. The molecule has 0 bridgehead atoms. The van der Waals surface area contributed by atoms with Gasteiger partial charge in [-0.1, -0.05) is 30.3 Å². The highest BCUT2D eigenvalue weighted by atomic mass is 19.1. The molecular formula is C17H21FN2. The number of anilines is 1. The molecule has 1 atom stereocenters. The van der Waals surface area contributed by atoms with Crippen LogP contribution in [-0.2, 0) is 6.54 Å². The lowest BCUT2D eigenvalue weighted by molar-refractivity contribution is 0.612. The van der Waals surface area contributed by atoms with Crippen molar-refractivity contribution in [3.63, 3.8) is 0 Å². The van der Waals surface area contributed by atoms with Crippen LogP contribution in [0.1, 0.15) is 29.7 Å². The summed E-state index contributed by atoms with van der Waals surface area (Å²) in [7, 11) is 2.01. The lowest BCUT2D eigenvalue weighted by Gasteiger charge is -2.25. The van der Waals surface area contributed by atoms with Gasteiger partial charge in [0.25, 0.3) is 0 Å². The molecule has 0 saturated heterocycles. The van der Waals surface area contributed by atoms with Crippen molar-refractivity contribution in [1.29, 1.82) is 0 Å². The third-order valence-corrected chi connectivity index (χ3v) is 3.47. The molecule has 0 saturated carbocycles. The van der Waals surface area contributed by atoms with Gasteiger partial charge in [-0.05, 0) is 42.7 Å². The normalized spacial score (nSPS) is 12.2. The second kappa shape index (κ2) is 6.06. The van der Waals surface area contributed by atoms with Crippen molar-refractivity contribution in [1.82, 2.24) is 0 Å². The van der Waals surface area contributed by atoms with Gasteiger partial charge >= 0.3 is 0 Å². The minimum Gasteiger partial charge on any atom is -0.370 e. The monoisotopic (exact) mass is 272 g/mol. The van der Waals surface area contributed by atoms with E-state index in [9.17, 15) is 4.39 Å². The number of nitrogens with zero attached hydrogens (tertiary/aromatic N) is 1. The summed E-state index contributed by atoms with van der Waals surface area (Å²) in [4.78, 5) is 2.11. The van der Waals surface area contributed by atoms with Crippen LogP contribution in [0, 0.1) is 12.7 Å². The Morgan fingerprint density at radius 1 is 1.20 bits per heavy atom. The zero-order valence-electron chi connectivity index (χ0n) is 12.2. The summed E-state index contributed by atoms with van der Waals surface area (Å²) in [5, 5.41) is 0. The Balaban J connectivity index is 2.33. The first-order chi connectivity index (χ1) is 9.49. The fraction of sp³-hybridized carbons (Fsp3) is 0.294. The molecule has 0 heterocycles. The lowest BCUT2D eigenvalue weighted by atomic mass is 10.0. The summed E-state index contributed by atoms with van der Waals surface area (Å²) < 4.78 is 13.7. The number of halogens is 1. The van der Waals surface area contributed by atoms with E-state index in [-0.39, 0.29) is 11.9 Å². The Labute approximate surface area is 120 Å². The van der Waals surface area contributed by atoms with Crippen molar-refractivity contribution in [3.05, 3.63) is 65.0 Å². The second-order valence-corrected chi connectivity index (χ2v) is 5.29. The Morgan fingerprint density at radius 2 is 1.85 bits per heavy atom. The first-order valence-corrected chi connectivity index (χ1v) is 6.79. The minimum absolute atomic E-state index is 0.196. The summed E-state index contributed by atoms with van der Waals surface area (Å²) in [5.41, 5.74) is 9.66. The fourth-order valence-corrected chi connectivity index (χ4v) is 2.32. The van der Waals surface area contributed by atoms with Crippen LogP contribution in [0.5, 0.6) is 0 Å². The SMILES string of the molecule is Cc1cc(N(C)Cc2ccccc2)c(C(C)N)cc1F. The van der Waals surface area contributed by atoms with Crippen LogP contribution >= 0.6 is 0 Å². The van der Waals surface area contributed by atoms with E-state index < -0.39 is 0 Å². The molecule has 1 unspecified atom stereocenters. The molecule has 2 N–H and O–H groups in total. The van der Waals surface area contributed by atoms with Gasteiger partial charge in [0.05, 0.1) is 0 Å². The van der Waals surface area contributed by atoms with Gasteiger partial charge < -0.3 is 10.6 Å². The van der Waals surface area contributed by atoms with E-state index in [1.54, 1.807) is 13.0 Å². The van der Waals surface area contributed by atoms with Crippen molar-refractivity contribution in [2.24, 2.45) is 5.73 Å². The third-order valence-electron chi connectivity index (χ3n) is 3.47. The van der Waals surface area contributed by atoms with Crippen LogP contribution in [0.4, 0.5) is 10.1 Å². The summed E-state index contributed by atoms with van der Waals surface area (Å²) in [6.07, 6.45) is 0. The number of aryl methyl sites for hydroxylation is 1. The van der Waals surface area contributed by atoms with E-state index in [0.717, 1.165) is 17.8 Å². The molecule has 106 valence electrons. The van der Waals surface area contributed by atoms with E-state index in [1.165, 1.54) is 5.56 Å². The molecule has 0 aliphatic rings. The highest BCUT2D eigenvalue weighted by molar-refractivity contribution is 5.56.